The molecule has 3 aromatic rings. The van der Waals surface area contributed by atoms with Crippen molar-refractivity contribution in [2.75, 3.05) is 11.9 Å². The zero-order chi connectivity index (χ0) is 17.4. The highest BCUT2D eigenvalue weighted by Gasteiger charge is 2.52. The summed E-state index contributed by atoms with van der Waals surface area (Å²) in [6.45, 7) is 2.43. The Bertz CT molecular complexity index is 944. The largest absolute Gasteiger partial charge is 0.492 e. The number of H-pyrrole nitrogens is 1. The first-order chi connectivity index (χ1) is 12.1. The van der Waals surface area contributed by atoms with Crippen LogP contribution in [0.5, 0.6) is 5.75 Å². The van der Waals surface area contributed by atoms with Crippen molar-refractivity contribution < 1.29 is 13.9 Å². The third-order valence-electron chi connectivity index (χ3n) is 4.78. The second-order valence-corrected chi connectivity index (χ2v) is 6.36. The number of para-hydroxylation sites is 2. The van der Waals surface area contributed by atoms with E-state index in [1.807, 2.05) is 37.4 Å². The number of benzene rings is 2. The molecule has 0 bridgehead atoms. The zero-order valence-corrected chi connectivity index (χ0v) is 13.9. The van der Waals surface area contributed by atoms with Gasteiger partial charge in [0.1, 0.15) is 11.6 Å². The second-order valence-electron chi connectivity index (χ2n) is 6.36. The summed E-state index contributed by atoms with van der Waals surface area (Å²) in [5, 5.41) is 3.76. The number of anilines is 1. The van der Waals surface area contributed by atoms with Crippen molar-refractivity contribution in [3.8, 4) is 5.75 Å². The molecule has 2 aromatic carbocycles. The monoisotopic (exact) mass is 338 g/mol. The highest BCUT2D eigenvalue weighted by atomic mass is 19.1. The number of halogens is 1. The maximum absolute atomic E-state index is 13.7. The van der Waals surface area contributed by atoms with Crippen molar-refractivity contribution in [2.24, 2.45) is 0 Å². The molecule has 4 rings (SSSR count). The maximum Gasteiger partial charge on any atom is 0.235 e. The summed E-state index contributed by atoms with van der Waals surface area (Å²) in [4.78, 5) is 16.1. The van der Waals surface area contributed by atoms with E-state index in [0.29, 0.717) is 18.0 Å². The van der Waals surface area contributed by atoms with E-state index < -0.39 is 5.41 Å². The molecule has 0 aliphatic heterocycles. The minimum atomic E-state index is -0.606. The van der Waals surface area contributed by atoms with Gasteiger partial charge in [0.25, 0.3) is 0 Å². The van der Waals surface area contributed by atoms with Crippen LogP contribution in [-0.4, -0.2) is 17.5 Å². The summed E-state index contributed by atoms with van der Waals surface area (Å²) in [5.74, 6) is 0.273. The Morgan fingerprint density at radius 1 is 1.28 bits per heavy atom. The Balaban J connectivity index is 1.67. The van der Waals surface area contributed by atoms with E-state index in [4.69, 9.17) is 4.74 Å². The highest BCUT2D eigenvalue weighted by molar-refractivity contribution is 6.05. The van der Waals surface area contributed by atoms with E-state index in [-0.39, 0.29) is 11.7 Å². The number of aromatic amines is 1. The third kappa shape index (κ3) is 2.65. The van der Waals surface area contributed by atoms with Crippen LogP contribution < -0.4 is 10.1 Å². The molecule has 0 unspecified atom stereocenters. The van der Waals surface area contributed by atoms with Crippen molar-refractivity contribution >= 4 is 22.5 Å². The Kier molecular flexibility index (Phi) is 3.71. The summed E-state index contributed by atoms with van der Waals surface area (Å²) in [6.07, 6.45) is 3.32. The molecular weight excluding hydrogens is 319 g/mol. The first-order valence-electron chi connectivity index (χ1n) is 8.44. The molecule has 2 N–H and O–H groups in total. The molecule has 5 heteroatoms. The van der Waals surface area contributed by atoms with Crippen LogP contribution in [-0.2, 0) is 10.2 Å². The summed E-state index contributed by atoms with van der Waals surface area (Å²) in [5.41, 5.74) is 1.75. The van der Waals surface area contributed by atoms with Crippen LogP contribution in [0.25, 0.3) is 10.9 Å². The van der Waals surface area contributed by atoms with Gasteiger partial charge in [0.05, 0.1) is 17.7 Å². The summed E-state index contributed by atoms with van der Waals surface area (Å²) < 4.78 is 19.2. The SMILES string of the molecule is CCOc1ccccc1NC(=O)C1(c2c[nH]c3ccc(F)cc23)CC1. The van der Waals surface area contributed by atoms with Crippen molar-refractivity contribution in [1.82, 2.24) is 4.98 Å². The van der Waals surface area contributed by atoms with Gasteiger partial charge in [0.15, 0.2) is 0 Å². The lowest BCUT2D eigenvalue weighted by Gasteiger charge is -2.17. The topological polar surface area (TPSA) is 54.1 Å². The Morgan fingerprint density at radius 2 is 2.08 bits per heavy atom. The molecule has 1 aliphatic rings. The van der Waals surface area contributed by atoms with Gasteiger partial charge >= 0.3 is 0 Å². The molecule has 1 aromatic heterocycles. The molecule has 4 nitrogen and oxygen atoms in total. The summed E-state index contributed by atoms with van der Waals surface area (Å²) in [6, 6.07) is 12.0. The molecule has 1 fully saturated rings. The minimum Gasteiger partial charge on any atom is -0.492 e. The average molecular weight is 338 g/mol. The van der Waals surface area contributed by atoms with Crippen LogP contribution in [0.1, 0.15) is 25.3 Å². The van der Waals surface area contributed by atoms with E-state index in [9.17, 15) is 9.18 Å². The molecule has 25 heavy (non-hydrogen) atoms. The fourth-order valence-corrected chi connectivity index (χ4v) is 3.33. The molecule has 0 atom stereocenters. The van der Waals surface area contributed by atoms with Crippen LogP contribution in [0.4, 0.5) is 10.1 Å². The van der Waals surface area contributed by atoms with Gasteiger partial charge in [-0.2, -0.15) is 0 Å². The van der Waals surface area contributed by atoms with Gasteiger partial charge in [-0.25, -0.2) is 4.39 Å². The molecule has 1 aliphatic carbocycles. The van der Waals surface area contributed by atoms with E-state index in [2.05, 4.69) is 10.3 Å². The Hall–Kier alpha value is -2.82. The lowest BCUT2D eigenvalue weighted by molar-refractivity contribution is -0.118. The second kappa shape index (κ2) is 5.92. The molecule has 1 amide bonds. The van der Waals surface area contributed by atoms with Crippen LogP contribution in [0.15, 0.2) is 48.7 Å². The van der Waals surface area contributed by atoms with Gasteiger partial charge in [0, 0.05) is 17.1 Å². The summed E-state index contributed by atoms with van der Waals surface area (Å²) >= 11 is 0. The van der Waals surface area contributed by atoms with Crippen molar-refractivity contribution in [3.05, 3.63) is 60.0 Å². The number of hydrogen-bond donors (Lipinski definition) is 2. The van der Waals surface area contributed by atoms with Crippen molar-refractivity contribution in [3.63, 3.8) is 0 Å². The lowest BCUT2D eigenvalue weighted by Crippen LogP contribution is -2.27. The van der Waals surface area contributed by atoms with Crippen LogP contribution in [0, 0.1) is 5.82 Å². The normalized spacial score (nSPS) is 15.1. The third-order valence-corrected chi connectivity index (χ3v) is 4.78. The number of ether oxygens (including phenoxy) is 1. The number of nitrogens with one attached hydrogen (secondary N) is 2. The Labute approximate surface area is 145 Å². The number of hydrogen-bond acceptors (Lipinski definition) is 2. The number of amides is 1. The van der Waals surface area contributed by atoms with Gasteiger partial charge in [-0.15, -0.1) is 0 Å². The lowest BCUT2D eigenvalue weighted by atomic mass is 9.94. The first kappa shape index (κ1) is 15.7. The van der Waals surface area contributed by atoms with Crippen LogP contribution in [0.3, 0.4) is 0 Å². The summed E-state index contributed by atoms with van der Waals surface area (Å²) in [7, 11) is 0. The average Bonchev–Trinajstić information content (AvgIpc) is 3.31. The van der Waals surface area contributed by atoms with E-state index in [1.54, 1.807) is 6.07 Å². The molecule has 0 saturated heterocycles. The van der Waals surface area contributed by atoms with Gasteiger partial charge in [-0.05, 0) is 55.7 Å². The molecule has 1 heterocycles. The van der Waals surface area contributed by atoms with Crippen LogP contribution in [0.2, 0.25) is 0 Å². The van der Waals surface area contributed by atoms with Gasteiger partial charge in [-0.1, -0.05) is 12.1 Å². The quantitative estimate of drug-likeness (QED) is 0.725. The molecular formula is C20H19FN2O2. The number of carbonyl (C=O) groups excluding carboxylic acids is 1. The molecule has 1 saturated carbocycles. The number of fused-ring (bicyclic) bond motifs is 1. The van der Waals surface area contributed by atoms with Crippen molar-refractivity contribution in [1.29, 1.82) is 0 Å². The number of rotatable bonds is 5. The smallest absolute Gasteiger partial charge is 0.235 e. The number of carbonyl (C=O) groups is 1. The minimum absolute atomic E-state index is 0.0789. The highest BCUT2D eigenvalue weighted by Crippen LogP contribution is 2.51. The maximum atomic E-state index is 13.7. The molecule has 0 spiro atoms. The fourth-order valence-electron chi connectivity index (χ4n) is 3.33. The zero-order valence-electron chi connectivity index (χ0n) is 13.9. The van der Waals surface area contributed by atoms with Gasteiger partial charge < -0.3 is 15.0 Å². The van der Waals surface area contributed by atoms with Crippen molar-refractivity contribution in [2.45, 2.75) is 25.2 Å². The van der Waals surface area contributed by atoms with E-state index >= 15 is 0 Å². The van der Waals surface area contributed by atoms with E-state index in [1.165, 1.54) is 12.1 Å². The van der Waals surface area contributed by atoms with Gasteiger partial charge in [-0.3, -0.25) is 4.79 Å². The van der Waals surface area contributed by atoms with E-state index in [0.717, 1.165) is 29.3 Å². The standard InChI is InChI=1S/C20H19FN2O2/c1-2-25-18-6-4-3-5-17(18)23-19(24)20(9-10-20)15-12-22-16-8-7-13(21)11-14(15)16/h3-8,11-12,22H,2,9-10H2,1H3,(H,23,24). The first-order valence-corrected chi connectivity index (χ1v) is 8.44. The predicted molar refractivity (Wildman–Crippen MR) is 95.4 cm³/mol. The molecule has 0 radical (unpaired) electrons. The molecule has 128 valence electrons. The Morgan fingerprint density at radius 3 is 2.84 bits per heavy atom. The fraction of sp³-hybridized carbons (Fsp3) is 0.250. The van der Waals surface area contributed by atoms with Crippen LogP contribution >= 0.6 is 0 Å². The predicted octanol–water partition coefficient (Wildman–Crippen LogP) is 4.38. The number of aromatic nitrogens is 1. The van der Waals surface area contributed by atoms with Gasteiger partial charge in [0.2, 0.25) is 5.91 Å².